The molecule has 0 aliphatic carbocycles. The summed E-state index contributed by atoms with van der Waals surface area (Å²) in [4.78, 5) is 13.6. The topological polar surface area (TPSA) is 94.9 Å². The highest BCUT2D eigenvalue weighted by molar-refractivity contribution is 7.91. The lowest BCUT2D eigenvalue weighted by Crippen LogP contribution is -2.48. The van der Waals surface area contributed by atoms with Gasteiger partial charge in [-0.2, -0.15) is 0 Å². The van der Waals surface area contributed by atoms with Gasteiger partial charge in [0, 0.05) is 12.1 Å². The molecule has 0 saturated carbocycles. The van der Waals surface area contributed by atoms with E-state index in [0.717, 1.165) is 0 Å². The first-order valence-corrected chi connectivity index (χ1v) is 8.12. The van der Waals surface area contributed by atoms with Gasteiger partial charge in [0.15, 0.2) is 9.84 Å². The average molecular weight is 299 g/mol. The number of hydrogen-bond acceptors (Lipinski definition) is 5. The number of hydrogen-bond donors (Lipinski definition) is 2. The van der Waals surface area contributed by atoms with Crippen LogP contribution in [0, 0.1) is 0 Å². The highest BCUT2D eigenvalue weighted by atomic mass is 32.2. The SMILES string of the molecule is O=C(c1ccccc1)N(CCO)[C@H]1CS(=O)(=O)C[C@@H]1O. The minimum absolute atomic E-state index is 0.00895. The summed E-state index contributed by atoms with van der Waals surface area (Å²) in [7, 11) is -3.35. The molecule has 1 aliphatic rings. The Morgan fingerprint density at radius 2 is 1.90 bits per heavy atom. The van der Waals surface area contributed by atoms with Crippen molar-refractivity contribution in [2.24, 2.45) is 0 Å². The Kier molecular flexibility index (Phi) is 4.42. The molecule has 20 heavy (non-hydrogen) atoms. The van der Waals surface area contributed by atoms with Crippen molar-refractivity contribution >= 4 is 15.7 Å². The molecule has 1 aromatic rings. The molecule has 1 heterocycles. The van der Waals surface area contributed by atoms with Crippen LogP contribution in [0.15, 0.2) is 30.3 Å². The maximum Gasteiger partial charge on any atom is 0.254 e. The van der Waals surface area contributed by atoms with Crippen molar-refractivity contribution in [3.8, 4) is 0 Å². The molecule has 1 aromatic carbocycles. The van der Waals surface area contributed by atoms with Crippen molar-refractivity contribution < 1.29 is 23.4 Å². The van der Waals surface area contributed by atoms with Crippen molar-refractivity contribution in [1.82, 2.24) is 4.90 Å². The minimum atomic E-state index is -3.35. The zero-order chi connectivity index (χ0) is 14.8. The van der Waals surface area contributed by atoms with Gasteiger partial charge >= 0.3 is 0 Å². The molecule has 0 spiro atoms. The Hall–Kier alpha value is -1.44. The molecule has 1 fully saturated rings. The molecule has 0 bridgehead atoms. The minimum Gasteiger partial charge on any atom is -0.395 e. The van der Waals surface area contributed by atoms with Crippen LogP contribution in [0.25, 0.3) is 0 Å². The number of nitrogens with zero attached hydrogens (tertiary/aromatic N) is 1. The average Bonchev–Trinajstić information content (AvgIpc) is 2.69. The fourth-order valence-corrected chi connectivity index (χ4v) is 4.18. The van der Waals surface area contributed by atoms with E-state index in [4.69, 9.17) is 5.11 Å². The van der Waals surface area contributed by atoms with Gasteiger partial charge in [0.2, 0.25) is 0 Å². The highest BCUT2D eigenvalue weighted by Crippen LogP contribution is 2.20. The van der Waals surface area contributed by atoms with E-state index < -0.39 is 22.0 Å². The number of aliphatic hydroxyl groups excluding tert-OH is 2. The molecule has 1 saturated heterocycles. The molecule has 2 N–H and O–H groups in total. The number of carbonyl (C=O) groups is 1. The predicted molar refractivity (Wildman–Crippen MR) is 73.0 cm³/mol. The van der Waals surface area contributed by atoms with E-state index in [1.807, 2.05) is 0 Å². The Bertz CT molecular complexity index is 572. The Morgan fingerprint density at radius 1 is 1.25 bits per heavy atom. The van der Waals surface area contributed by atoms with Crippen molar-refractivity contribution in [3.05, 3.63) is 35.9 Å². The Balaban J connectivity index is 2.26. The molecule has 2 rings (SSSR count). The Labute approximate surface area is 117 Å². The summed E-state index contributed by atoms with van der Waals surface area (Å²) >= 11 is 0. The smallest absolute Gasteiger partial charge is 0.254 e. The van der Waals surface area contributed by atoms with Crippen LogP contribution >= 0.6 is 0 Å². The van der Waals surface area contributed by atoms with Gasteiger partial charge in [0.1, 0.15) is 0 Å². The largest absolute Gasteiger partial charge is 0.395 e. The number of amides is 1. The van der Waals surface area contributed by atoms with Gasteiger partial charge in [-0.05, 0) is 12.1 Å². The van der Waals surface area contributed by atoms with Crippen LogP contribution in [0.2, 0.25) is 0 Å². The van der Waals surface area contributed by atoms with Crippen LogP contribution in [0.4, 0.5) is 0 Å². The zero-order valence-corrected chi connectivity index (χ0v) is 11.7. The lowest BCUT2D eigenvalue weighted by atomic mass is 10.1. The van der Waals surface area contributed by atoms with E-state index in [2.05, 4.69) is 0 Å². The molecule has 0 unspecified atom stereocenters. The number of rotatable bonds is 4. The summed E-state index contributed by atoms with van der Waals surface area (Å²) in [6.45, 7) is -0.299. The van der Waals surface area contributed by atoms with Crippen LogP contribution in [-0.4, -0.2) is 66.2 Å². The summed E-state index contributed by atoms with van der Waals surface area (Å²) in [5.74, 6) is -1.00. The summed E-state index contributed by atoms with van der Waals surface area (Å²) in [5.41, 5.74) is 0.400. The predicted octanol–water partition coefficient (Wildman–Crippen LogP) is -0.721. The number of sulfone groups is 1. The summed E-state index contributed by atoms with van der Waals surface area (Å²) in [6.07, 6.45) is -1.11. The van der Waals surface area contributed by atoms with Gasteiger partial charge in [0.05, 0.1) is 30.3 Å². The van der Waals surface area contributed by atoms with E-state index in [9.17, 15) is 18.3 Å². The molecule has 2 atom stereocenters. The molecule has 110 valence electrons. The second kappa shape index (κ2) is 5.90. The third-order valence-electron chi connectivity index (χ3n) is 3.32. The number of carbonyl (C=O) groups excluding carboxylic acids is 1. The summed E-state index contributed by atoms with van der Waals surface area (Å²) < 4.78 is 23.1. The molecule has 1 amide bonds. The molecule has 0 radical (unpaired) electrons. The van der Waals surface area contributed by atoms with Gasteiger partial charge in [-0.25, -0.2) is 8.42 Å². The van der Waals surface area contributed by atoms with Crippen LogP contribution < -0.4 is 0 Å². The fraction of sp³-hybridized carbons (Fsp3) is 0.462. The van der Waals surface area contributed by atoms with Gasteiger partial charge < -0.3 is 15.1 Å². The van der Waals surface area contributed by atoms with Crippen LogP contribution in [0.3, 0.4) is 0 Å². The second-order valence-corrected chi connectivity index (χ2v) is 6.95. The molecule has 7 heteroatoms. The second-order valence-electron chi connectivity index (χ2n) is 4.80. The van der Waals surface area contributed by atoms with E-state index in [0.29, 0.717) is 5.56 Å². The maximum atomic E-state index is 12.4. The third kappa shape index (κ3) is 3.17. The highest BCUT2D eigenvalue weighted by Gasteiger charge is 2.41. The van der Waals surface area contributed by atoms with Crippen LogP contribution in [0.5, 0.6) is 0 Å². The monoisotopic (exact) mass is 299 g/mol. The maximum absolute atomic E-state index is 12.4. The first kappa shape index (κ1) is 15.0. The Morgan fingerprint density at radius 3 is 2.40 bits per heavy atom. The standard InChI is InChI=1S/C13H17NO5S/c15-7-6-14(11-8-20(18,19)9-12(11)16)13(17)10-4-2-1-3-5-10/h1-5,11-12,15-16H,6-9H2/t11-,12-/m0/s1. The summed E-state index contributed by atoms with van der Waals surface area (Å²) in [6, 6.07) is 7.59. The first-order chi connectivity index (χ1) is 9.44. The lowest BCUT2D eigenvalue weighted by Gasteiger charge is -2.29. The fourth-order valence-electron chi connectivity index (χ4n) is 2.38. The normalized spacial score (nSPS) is 24.5. The van der Waals surface area contributed by atoms with Crippen molar-refractivity contribution in [2.75, 3.05) is 24.7 Å². The van der Waals surface area contributed by atoms with E-state index in [-0.39, 0.29) is 30.6 Å². The van der Waals surface area contributed by atoms with Gasteiger partial charge in [-0.3, -0.25) is 4.79 Å². The number of aliphatic hydroxyl groups is 2. The molecule has 0 aromatic heterocycles. The van der Waals surface area contributed by atoms with Crippen LogP contribution in [0.1, 0.15) is 10.4 Å². The van der Waals surface area contributed by atoms with Crippen molar-refractivity contribution in [2.45, 2.75) is 12.1 Å². The van der Waals surface area contributed by atoms with Gasteiger partial charge in [0.25, 0.3) is 5.91 Å². The summed E-state index contributed by atoms with van der Waals surface area (Å²) in [5, 5.41) is 18.9. The van der Waals surface area contributed by atoms with E-state index in [1.54, 1.807) is 30.3 Å². The third-order valence-corrected chi connectivity index (χ3v) is 5.02. The van der Waals surface area contributed by atoms with Gasteiger partial charge in [-0.15, -0.1) is 0 Å². The van der Waals surface area contributed by atoms with Crippen LogP contribution in [-0.2, 0) is 9.84 Å². The number of benzene rings is 1. The molecule has 6 nitrogen and oxygen atoms in total. The first-order valence-electron chi connectivity index (χ1n) is 6.30. The van der Waals surface area contributed by atoms with Crippen molar-refractivity contribution in [3.63, 3.8) is 0 Å². The lowest BCUT2D eigenvalue weighted by molar-refractivity contribution is 0.0451. The van der Waals surface area contributed by atoms with E-state index >= 15 is 0 Å². The molecular weight excluding hydrogens is 282 g/mol. The zero-order valence-electron chi connectivity index (χ0n) is 10.8. The van der Waals surface area contributed by atoms with Gasteiger partial charge in [-0.1, -0.05) is 18.2 Å². The molecule has 1 aliphatic heterocycles. The van der Waals surface area contributed by atoms with E-state index in [1.165, 1.54) is 4.90 Å². The molecular formula is C13H17NO5S. The quantitative estimate of drug-likeness (QED) is 0.765. The van der Waals surface area contributed by atoms with Crippen molar-refractivity contribution in [1.29, 1.82) is 0 Å².